The average Bonchev–Trinajstić information content (AvgIpc) is 2.27. The van der Waals surface area contributed by atoms with E-state index in [0.717, 1.165) is 17.0 Å². The van der Waals surface area contributed by atoms with Gasteiger partial charge in [0, 0.05) is 12.7 Å². The Labute approximate surface area is 107 Å². The van der Waals surface area contributed by atoms with E-state index in [2.05, 4.69) is 5.32 Å². The number of alkyl halides is 3. The van der Waals surface area contributed by atoms with Crippen molar-refractivity contribution in [2.45, 2.75) is 6.18 Å². The highest BCUT2D eigenvalue weighted by Crippen LogP contribution is 2.30. The highest BCUT2D eigenvalue weighted by Gasteiger charge is 2.30. The SMILES string of the molecule is CN(CC(=N)N)C(=O)Nc1cccc(C(F)(F)F)c1. The Bertz CT molecular complexity index is 487. The molecule has 8 heteroatoms. The van der Waals surface area contributed by atoms with Gasteiger partial charge in [-0.1, -0.05) is 6.07 Å². The highest BCUT2D eigenvalue weighted by atomic mass is 19.4. The molecular formula is C11H13F3N4O. The van der Waals surface area contributed by atoms with Crippen LogP contribution in [-0.2, 0) is 6.18 Å². The van der Waals surface area contributed by atoms with Crippen molar-refractivity contribution in [2.75, 3.05) is 18.9 Å². The topological polar surface area (TPSA) is 82.2 Å². The summed E-state index contributed by atoms with van der Waals surface area (Å²) in [4.78, 5) is 12.7. The number of halogens is 3. The van der Waals surface area contributed by atoms with Gasteiger partial charge < -0.3 is 16.0 Å². The van der Waals surface area contributed by atoms with Gasteiger partial charge in [0.15, 0.2) is 0 Å². The van der Waals surface area contributed by atoms with Crippen molar-refractivity contribution in [3.63, 3.8) is 0 Å². The van der Waals surface area contributed by atoms with Crippen LogP contribution in [0.5, 0.6) is 0 Å². The summed E-state index contributed by atoms with van der Waals surface area (Å²) >= 11 is 0. The molecule has 104 valence electrons. The second kappa shape index (κ2) is 5.59. The molecule has 0 aliphatic heterocycles. The van der Waals surface area contributed by atoms with Gasteiger partial charge in [0.25, 0.3) is 0 Å². The van der Waals surface area contributed by atoms with Crippen LogP contribution < -0.4 is 11.1 Å². The fourth-order valence-electron chi connectivity index (χ4n) is 1.32. The van der Waals surface area contributed by atoms with Crippen molar-refractivity contribution in [3.05, 3.63) is 29.8 Å². The van der Waals surface area contributed by atoms with Crippen molar-refractivity contribution in [2.24, 2.45) is 5.73 Å². The van der Waals surface area contributed by atoms with Crippen LogP contribution in [0.25, 0.3) is 0 Å². The average molecular weight is 274 g/mol. The maximum atomic E-state index is 12.5. The van der Waals surface area contributed by atoms with E-state index < -0.39 is 17.8 Å². The molecule has 2 amide bonds. The molecule has 0 fully saturated rings. The number of likely N-dealkylation sites (N-methyl/N-ethyl adjacent to an activating group) is 1. The summed E-state index contributed by atoms with van der Waals surface area (Å²) in [5.74, 6) is -0.221. The molecule has 1 aromatic carbocycles. The van der Waals surface area contributed by atoms with E-state index in [1.807, 2.05) is 0 Å². The van der Waals surface area contributed by atoms with Crippen molar-refractivity contribution < 1.29 is 18.0 Å². The van der Waals surface area contributed by atoms with Crippen LogP contribution in [0, 0.1) is 5.41 Å². The van der Waals surface area contributed by atoms with Crippen LogP contribution in [0.15, 0.2) is 24.3 Å². The normalized spacial score (nSPS) is 10.9. The first-order valence-electron chi connectivity index (χ1n) is 5.22. The number of carbonyl (C=O) groups is 1. The Morgan fingerprint density at radius 3 is 2.63 bits per heavy atom. The molecule has 0 aromatic heterocycles. The monoisotopic (exact) mass is 274 g/mol. The summed E-state index contributed by atoms with van der Waals surface area (Å²) in [6.07, 6.45) is -4.47. The number of nitrogens with two attached hydrogens (primary N) is 1. The first-order valence-corrected chi connectivity index (χ1v) is 5.22. The Kier molecular flexibility index (Phi) is 4.36. The van der Waals surface area contributed by atoms with E-state index >= 15 is 0 Å². The standard InChI is InChI=1S/C11H13F3N4O/c1-18(6-9(15)16)10(19)17-8-4-2-3-7(5-8)11(12,13)14/h2-5H,6H2,1H3,(H3,15,16)(H,17,19). The minimum absolute atomic E-state index is 0.0234. The second-order valence-electron chi connectivity index (χ2n) is 3.89. The van der Waals surface area contributed by atoms with E-state index in [-0.39, 0.29) is 18.1 Å². The third-order valence-electron chi connectivity index (χ3n) is 2.20. The highest BCUT2D eigenvalue weighted by molar-refractivity contribution is 5.92. The van der Waals surface area contributed by atoms with Gasteiger partial charge in [0.2, 0.25) is 0 Å². The van der Waals surface area contributed by atoms with Gasteiger partial charge in [-0.25, -0.2) is 4.79 Å². The number of anilines is 1. The van der Waals surface area contributed by atoms with Crippen LogP contribution in [0.4, 0.5) is 23.7 Å². The zero-order chi connectivity index (χ0) is 14.6. The summed E-state index contributed by atoms with van der Waals surface area (Å²) in [7, 11) is 1.38. The van der Waals surface area contributed by atoms with E-state index in [1.54, 1.807) is 0 Å². The van der Waals surface area contributed by atoms with Crippen LogP contribution in [0.3, 0.4) is 0 Å². The number of carbonyl (C=O) groups excluding carboxylic acids is 1. The van der Waals surface area contributed by atoms with Gasteiger partial charge in [0.1, 0.15) is 5.84 Å². The van der Waals surface area contributed by atoms with Gasteiger partial charge in [-0.2, -0.15) is 13.2 Å². The quantitative estimate of drug-likeness (QED) is 0.582. The van der Waals surface area contributed by atoms with E-state index in [1.165, 1.54) is 19.2 Å². The number of nitrogens with one attached hydrogen (secondary N) is 2. The fourth-order valence-corrected chi connectivity index (χ4v) is 1.32. The molecule has 0 radical (unpaired) electrons. The van der Waals surface area contributed by atoms with Gasteiger partial charge >= 0.3 is 12.2 Å². The number of nitrogens with zero attached hydrogens (tertiary/aromatic N) is 1. The van der Waals surface area contributed by atoms with Crippen molar-refractivity contribution in [3.8, 4) is 0 Å². The van der Waals surface area contributed by atoms with E-state index in [0.29, 0.717) is 0 Å². The van der Waals surface area contributed by atoms with Crippen LogP contribution in [-0.4, -0.2) is 30.4 Å². The summed E-state index contributed by atoms with van der Waals surface area (Å²) in [5, 5.41) is 9.32. The molecule has 0 saturated heterocycles. The molecule has 0 aliphatic carbocycles. The molecule has 19 heavy (non-hydrogen) atoms. The molecule has 5 nitrogen and oxygen atoms in total. The summed E-state index contributed by atoms with van der Waals surface area (Å²) in [5.41, 5.74) is 4.29. The number of amides is 2. The third-order valence-corrected chi connectivity index (χ3v) is 2.20. The predicted octanol–water partition coefficient (Wildman–Crippen LogP) is 2.11. The third kappa shape index (κ3) is 4.49. The second-order valence-corrected chi connectivity index (χ2v) is 3.89. The molecular weight excluding hydrogens is 261 g/mol. The van der Waals surface area contributed by atoms with Crippen molar-refractivity contribution >= 4 is 17.6 Å². The molecule has 0 unspecified atom stereocenters. The van der Waals surface area contributed by atoms with E-state index in [4.69, 9.17) is 11.1 Å². The minimum Gasteiger partial charge on any atom is -0.386 e. The van der Waals surface area contributed by atoms with Gasteiger partial charge in [-0.15, -0.1) is 0 Å². The number of benzene rings is 1. The zero-order valence-electron chi connectivity index (χ0n) is 10.1. The maximum absolute atomic E-state index is 12.5. The van der Waals surface area contributed by atoms with Gasteiger partial charge in [0.05, 0.1) is 12.1 Å². The summed E-state index contributed by atoms with van der Waals surface area (Å²) < 4.78 is 37.4. The Morgan fingerprint density at radius 2 is 2.11 bits per heavy atom. The lowest BCUT2D eigenvalue weighted by atomic mass is 10.2. The van der Waals surface area contributed by atoms with Crippen LogP contribution in [0.2, 0.25) is 0 Å². The number of hydrogen-bond acceptors (Lipinski definition) is 2. The predicted molar refractivity (Wildman–Crippen MR) is 65.0 cm³/mol. The molecule has 1 rings (SSSR count). The van der Waals surface area contributed by atoms with Gasteiger partial charge in [-0.3, -0.25) is 5.41 Å². The molecule has 4 N–H and O–H groups in total. The lowest BCUT2D eigenvalue weighted by Gasteiger charge is -2.17. The fraction of sp³-hybridized carbons (Fsp3) is 0.273. The number of urea groups is 1. The largest absolute Gasteiger partial charge is 0.416 e. The lowest BCUT2D eigenvalue weighted by molar-refractivity contribution is -0.137. The first-order chi connectivity index (χ1) is 8.70. The van der Waals surface area contributed by atoms with Crippen molar-refractivity contribution in [1.29, 1.82) is 5.41 Å². The Morgan fingerprint density at radius 1 is 1.47 bits per heavy atom. The summed E-state index contributed by atoms with van der Waals surface area (Å²) in [6.45, 7) is -0.106. The number of hydrogen-bond donors (Lipinski definition) is 3. The number of rotatable bonds is 3. The molecule has 0 saturated carbocycles. The van der Waals surface area contributed by atoms with Gasteiger partial charge in [-0.05, 0) is 18.2 Å². The zero-order valence-corrected chi connectivity index (χ0v) is 10.1. The number of amidine groups is 1. The minimum atomic E-state index is -4.47. The molecule has 0 spiro atoms. The Balaban J connectivity index is 2.77. The summed E-state index contributed by atoms with van der Waals surface area (Å²) in [6, 6.07) is 3.64. The molecule has 1 aromatic rings. The molecule has 0 aliphatic rings. The van der Waals surface area contributed by atoms with E-state index in [9.17, 15) is 18.0 Å². The lowest BCUT2D eigenvalue weighted by Crippen LogP contribution is -2.37. The van der Waals surface area contributed by atoms with Crippen LogP contribution in [0.1, 0.15) is 5.56 Å². The molecule has 0 atom stereocenters. The Hall–Kier alpha value is -2.25. The molecule has 0 bridgehead atoms. The molecule has 0 heterocycles. The van der Waals surface area contributed by atoms with Crippen molar-refractivity contribution in [1.82, 2.24) is 4.90 Å². The first kappa shape index (κ1) is 14.8. The maximum Gasteiger partial charge on any atom is 0.416 e. The van der Waals surface area contributed by atoms with Crippen LogP contribution >= 0.6 is 0 Å². The smallest absolute Gasteiger partial charge is 0.386 e.